The molecule has 0 radical (unpaired) electrons. The number of nitrogens with one attached hydrogen (secondary N) is 1. The Balaban J connectivity index is 1.55. The zero-order chi connectivity index (χ0) is 19.0. The maximum absolute atomic E-state index is 6.64. The summed E-state index contributed by atoms with van der Waals surface area (Å²) in [6.07, 6.45) is 5.83. The molecule has 1 N–H and O–H groups in total. The Morgan fingerprint density at radius 3 is 2.71 bits per heavy atom. The number of hydrogen-bond acceptors (Lipinski definition) is 4. The van der Waals surface area contributed by atoms with E-state index in [1.54, 1.807) is 4.90 Å². The molecule has 5 rings (SSSR count). The maximum Gasteiger partial charge on any atom is 0.213 e. The molecule has 2 saturated heterocycles. The van der Waals surface area contributed by atoms with Crippen molar-refractivity contribution in [1.29, 1.82) is 0 Å². The van der Waals surface area contributed by atoms with E-state index in [0.717, 1.165) is 38.0 Å². The van der Waals surface area contributed by atoms with Crippen molar-refractivity contribution in [3.63, 3.8) is 0 Å². The third-order valence-corrected chi connectivity index (χ3v) is 9.97. The normalized spacial score (nSPS) is 30.8. The first-order valence-electron chi connectivity index (χ1n) is 10.6. The highest BCUT2D eigenvalue weighted by atomic mass is 32.4. The molecule has 5 nitrogen and oxygen atoms in total. The largest absolute Gasteiger partial charge is 0.376 e. The zero-order valence-corrected chi connectivity index (χ0v) is 18.0. The third-order valence-electron chi connectivity index (χ3n) is 6.23. The molecule has 28 heavy (non-hydrogen) atoms. The molecule has 0 spiro atoms. The number of fused-ring (bicyclic) bond motifs is 1. The summed E-state index contributed by atoms with van der Waals surface area (Å²) >= 11 is 6.39. The van der Waals surface area contributed by atoms with E-state index in [9.17, 15) is 0 Å². The predicted octanol–water partition coefficient (Wildman–Crippen LogP) is 3.44. The molecule has 1 aromatic rings. The van der Waals surface area contributed by atoms with E-state index in [1.165, 1.54) is 49.1 Å². The van der Waals surface area contributed by atoms with Gasteiger partial charge in [0.15, 0.2) is 0 Å². The van der Waals surface area contributed by atoms with Crippen LogP contribution in [0.5, 0.6) is 0 Å². The van der Waals surface area contributed by atoms with Gasteiger partial charge in [-0.1, -0.05) is 18.2 Å². The molecule has 3 aliphatic heterocycles. The van der Waals surface area contributed by atoms with Gasteiger partial charge < -0.3 is 14.2 Å². The van der Waals surface area contributed by atoms with Crippen LogP contribution in [-0.4, -0.2) is 38.1 Å². The minimum absolute atomic E-state index is 0.174. The van der Waals surface area contributed by atoms with Crippen LogP contribution < -0.4 is 9.68 Å². The first kappa shape index (κ1) is 19.0. The van der Waals surface area contributed by atoms with Crippen molar-refractivity contribution < 1.29 is 14.2 Å². The Morgan fingerprint density at radius 2 is 1.96 bits per heavy atom. The molecular formula is C21H29N3O2PS+. The van der Waals surface area contributed by atoms with Crippen molar-refractivity contribution in [2.45, 2.75) is 51.0 Å². The highest BCUT2D eigenvalue weighted by molar-refractivity contribution is 8.15. The molecule has 4 aliphatic rings. The molecule has 1 aliphatic carbocycles. The van der Waals surface area contributed by atoms with Crippen molar-refractivity contribution in [2.75, 3.05) is 31.1 Å². The minimum atomic E-state index is -2.45. The van der Waals surface area contributed by atoms with Crippen molar-refractivity contribution >= 4 is 29.6 Å². The standard InChI is InChI=1S/C21H28N3O2PS/c28-27(26-16-18-10-7-15-25-18)21-19(22-24(27)17-8-2-1-3-9-17)11-6-12-20(21)23-13-4-5-14-23/h1-3,8-9,18H,4-7,10-16H2/p+1/t18-,27-/m1/s1. The SMILES string of the molecule is S=[P@]1(OC[C@H]2CCCO2)C2=C([NH+]3CCCC3)CCCC2=NN1c1ccccc1. The summed E-state index contributed by atoms with van der Waals surface area (Å²) in [6.45, 7) is 3.86. The third kappa shape index (κ3) is 3.40. The number of anilines is 1. The van der Waals surface area contributed by atoms with Crippen LogP contribution in [0.1, 0.15) is 44.9 Å². The smallest absolute Gasteiger partial charge is 0.213 e. The molecule has 7 heteroatoms. The molecule has 0 unspecified atom stereocenters. The Bertz CT molecular complexity index is 829. The van der Waals surface area contributed by atoms with Gasteiger partial charge in [-0.05, 0) is 49.6 Å². The average Bonchev–Trinajstić information content (AvgIpc) is 3.48. The Kier molecular flexibility index (Phi) is 5.42. The number of quaternary nitrogens is 1. The second-order valence-corrected chi connectivity index (χ2v) is 11.7. The summed E-state index contributed by atoms with van der Waals surface area (Å²) in [4.78, 5) is 1.62. The van der Waals surface area contributed by atoms with Crippen molar-refractivity contribution in [3.05, 3.63) is 41.3 Å². The summed E-state index contributed by atoms with van der Waals surface area (Å²) in [5.74, 6) is 0. The second-order valence-electron chi connectivity index (χ2n) is 8.11. The van der Waals surface area contributed by atoms with Gasteiger partial charge >= 0.3 is 0 Å². The predicted molar refractivity (Wildman–Crippen MR) is 116 cm³/mol. The lowest BCUT2D eigenvalue weighted by atomic mass is 10.0. The lowest BCUT2D eigenvalue weighted by Crippen LogP contribution is -3.08. The first-order chi connectivity index (χ1) is 13.8. The van der Waals surface area contributed by atoms with Crippen LogP contribution in [0.4, 0.5) is 5.69 Å². The number of hydrogen-bond donors (Lipinski definition) is 1. The fourth-order valence-corrected chi connectivity index (χ4v) is 8.62. The maximum atomic E-state index is 6.64. The van der Waals surface area contributed by atoms with Crippen LogP contribution in [-0.2, 0) is 21.1 Å². The van der Waals surface area contributed by atoms with Crippen LogP contribution in [0.25, 0.3) is 0 Å². The molecular weight excluding hydrogens is 389 g/mol. The highest BCUT2D eigenvalue weighted by Crippen LogP contribution is 2.66. The average molecular weight is 419 g/mol. The summed E-state index contributed by atoms with van der Waals surface area (Å²) in [5.41, 5.74) is 3.72. The topological polar surface area (TPSA) is 38.5 Å². The van der Waals surface area contributed by atoms with Crippen LogP contribution in [0, 0.1) is 0 Å². The van der Waals surface area contributed by atoms with Gasteiger partial charge in [0.2, 0.25) is 6.42 Å². The first-order valence-corrected chi connectivity index (χ1v) is 13.3. The number of likely N-dealkylation sites (tertiary alicyclic amines) is 1. The molecule has 0 saturated carbocycles. The van der Waals surface area contributed by atoms with E-state index in [0.29, 0.717) is 6.61 Å². The van der Waals surface area contributed by atoms with Crippen molar-refractivity contribution in [1.82, 2.24) is 0 Å². The summed E-state index contributed by atoms with van der Waals surface area (Å²) in [6, 6.07) is 10.3. The Morgan fingerprint density at radius 1 is 1.14 bits per heavy atom. The van der Waals surface area contributed by atoms with Gasteiger partial charge in [0.05, 0.1) is 37.2 Å². The van der Waals surface area contributed by atoms with Crippen LogP contribution in [0.3, 0.4) is 0 Å². The number of allylic oxidation sites excluding steroid dienone is 2. The molecule has 1 aromatic carbocycles. The van der Waals surface area contributed by atoms with E-state index >= 15 is 0 Å². The highest BCUT2D eigenvalue weighted by Gasteiger charge is 2.47. The van der Waals surface area contributed by atoms with Gasteiger partial charge in [-0.3, -0.25) is 0 Å². The molecule has 3 heterocycles. The molecule has 2 atom stereocenters. The quantitative estimate of drug-likeness (QED) is 0.744. The van der Waals surface area contributed by atoms with Crippen LogP contribution >= 0.6 is 6.42 Å². The van der Waals surface area contributed by atoms with Crippen molar-refractivity contribution in [2.24, 2.45) is 5.10 Å². The van der Waals surface area contributed by atoms with Gasteiger partial charge in [-0.2, -0.15) is 5.10 Å². The molecule has 0 aromatic heterocycles. The fraction of sp³-hybridized carbons (Fsp3) is 0.571. The van der Waals surface area contributed by atoms with Crippen molar-refractivity contribution in [3.8, 4) is 0 Å². The Hall–Kier alpha value is -1.04. The Labute approximate surface area is 172 Å². The van der Waals surface area contributed by atoms with E-state index < -0.39 is 6.42 Å². The molecule has 0 bridgehead atoms. The van der Waals surface area contributed by atoms with E-state index in [4.69, 9.17) is 26.2 Å². The van der Waals surface area contributed by atoms with Gasteiger partial charge in [-0.25, -0.2) is 4.78 Å². The number of ether oxygens (including phenoxy) is 1. The van der Waals surface area contributed by atoms with E-state index in [-0.39, 0.29) is 6.10 Å². The van der Waals surface area contributed by atoms with E-state index in [2.05, 4.69) is 29.0 Å². The molecule has 2 fully saturated rings. The lowest BCUT2D eigenvalue weighted by Gasteiger charge is -2.31. The fourth-order valence-electron chi connectivity index (χ4n) is 4.84. The molecule has 150 valence electrons. The monoisotopic (exact) mass is 418 g/mol. The molecule has 0 amide bonds. The minimum Gasteiger partial charge on any atom is -0.376 e. The lowest BCUT2D eigenvalue weighted by molar-refractivity contribution is -0.849. The number of rotatable bonds is 5. The van der Waals surface area contributed by atoms with Crippen LogP contribution in [0.2, 0.25) is 0 Å². The van der Waals surface area contributed by atoms with Crippen LogP contribution in [0.15, 0.2) is 46.4 Å². The summed E-state index contributed by atoms with van der Waals surface area (Å²) < 4.78 is 14.5. The van der Waals surface area contributed by atoms with Gasteiger partial charge in [0.1, 0.15) is 11.0 Å². The summed E-state index contributed by atoms with van der Waals surface area (Å²) in [7, 11) is 0. The number of hydrazone groups is 1. The van der Waals surface area contributed by atoms with Gasteiger partial charge in [-0.15, -0.1) is 0 Å². The van der Waals surface area contributed by atoms with E-state index in [1.807, 2.05) is 6.07 Å². The second kappa shape index (κ2) is 8.00. The summed E-state index contributed by atoms with van der Waals surface area (Å²) in [5, 5.41) is 6.34. The van der Waals surface area contributed by atoms with Gasteiger partial charge in [0, 0.05) is 25.9 Å². The number of nitrogens with zero attached hydrogens (tertiary/aromatic N) is 2. The van der Waals surface area contributed by atoms with Gasteiger partial charge in [0.25, 0.3) is 0 Å². The zero-order valence-electron chi connectivity index (χ0n) is 16.3. The number of para-hydroxylation sites is 1. The number of benzene rings is 1.